The molecule has 0 heterocycles. The van der Waals surface area contributed by atoms with Crippen molar-refractivity contribution >= 4 is 29.3 Å². The Morgan fingerprint density at radius 1 is 1.50 bits per heavy atom. The van der Waals surface area contributed by atoms with Gasteiger partial charge in [0.2, 0.25) is 8.03 Å². The van der Waals surface area contributed by atoms with Crippen molar-refractivity contribution in [2.75, 3.05) is 6.61 Å². The minimum Gasteiger partial charge on any atom is -0.328 e. The third kappa shape index (κ3) is 3.21. The molecular weight excluding hydrogens is 265 g/mol. The van der Waals surface area contributed by atoms with Crippen LogP contribution in [0.15, 0.2) is 22.7 Å². The number of hydrogen-bond acceptors (Lipinski definition) is 3. The number of rotatable bonds is 4. The van der Waals surface area contributed by atoms with Crippen molar-refractivity contribution in [3.05, 3.63) is 28.2 Å². The quantitative estimate of drug-likeness (QED) is 0.857. The molecule has 0 aromatic heterocycles. The van der Waals surface area contributed by atoms with E-state index in [1.54, 1.807) is 6.07 Å². The van der Waals surface area contributed by atoms with Crippen molar-refractivity contribution in [3.63, 3.8) is 0 Å². The molecule has 0 aliphatic heterocycles. The van der Waals surface area contributed by atoms with Crippen LogP contribution >= 0.6 is 24.0 Å². The standard InChI is InChI=1S/C9H13BrNO2P/c1-2-13-14(12)9-4-7(6-11)3-8(10)5-9/h3-5,14H,2,6,11H2,1H3. The van der Waals surface area contributed by atoms with Crippen molar-refractivity contribution in [1.82, 2.24) is 0 Å². The lowest BCUT2D eigenvalue weighted by atomic mass is 10.2. The third-order valence-corrected chi connectivity index (χ3v) is 3.47. The minimum absolute atomic E-state index is 0.438. The Morgan fingerprint density at radius 3 is 2.79 bits per heavy atom. The van der Waals surface area contributed by atoms with Gasteiger partial charge in [-0.1, -0.05) is 15.9 Å². The highest BCUT2D eigenvalue weighted by Crippen LogP contribution is 2.24. The van der Waals surface area contributed by atoms with Gasteiger partial charge in [0.1, 0.15) is 0 Å². The summed E-state index contributed by atoms with van der Waals surface area (Å²) in [6, 6.07) is 5.53. The molecular formula is C9H13BrNO2P. The fourth-order valence-electron chi connectivity index (χ4n) is 1.10. The van der Waals surface area contributed by atoms with Crippen molar-refractivity contribution in [2.24, 2.45) is 5.73 Å². The molecule has 0 spiro atoms. The number of hydrogen-bond donors (Lipinski definition) is 1. The predicted molar refractivity (Wildman–Crippen MR) is 62.3 cm³/mol. The molecule has 2 N–H and O–H groups in total. The van der Waals surface area contributed by atoms with Gasteiger partial charge in [0.05, 0.1) is 6.61 Å². The van der Waals surface area contributed by atoms with Crippen LogP contribution in [0.4, 0.5) is 0 Å². The maximum Gasteiger partial charge on any atom is 0.220 e. The van der Waals surface area contributed by atoms with E-state index in [1.165, 1.54) is 0 Å². The highest BCUT2D eigenvalue weighted by molar-refractivity contribution is 9.10. The van der Waals surface area contributed by atoms with Crippen molar-refractivity contribution in [3.8, 4) is 0 Å². The molecule has 0 amide bonds. The molecule has 1 aromatic carbocycles. The van der Waals surface area contributed by atoms with E-state index in [0.29, 0.717) is 18.5 Å². The summed E-state index contributed by atoms with van der Waals surface area (Å²) in [5, 5.41) is 0.715. The van der Waals surface area contributed by atoms with Gasteiger partial charge in [-0.25, -0.2) is 0 Å². The molecule has 0 bridgehead atoms. The summed E-state index contributed by atoms with van der Waals surface area (Å²) in [6.45, 7) is 2.72. The van der Waals surface area contributed by atoms with E-state index >= 15 is 0 Å². The molecule has 0 saturated heterocycles. The second-order valence-electron chi connectivity index (χ2n) is 2.77. The normalized spacial score (nSPS) is 12.8. The average molecular weight is 278 g/mol. The molecule has 1 atom stereocenters. The molecule has 3 nitrogen and oxygen atoms in total. The van der Waals surface area contributed by atoms with Gasteiger partial charge in [0.15, 0.2) is 0 Å². The van der Waals surface area contributed by atoms with Crippen LogP contribution in [0.5, 0.6) is 0 Å². The van der Waals surface area contributed by atoms with Crippen molar-refractivity contribution < 1.29 is 9.09 Å². The van der Waals surface area contributed by atoms with Crippen LogP contribution in [0, 0.1) is 0 Å². The van der Waals surface area contributed by atoms with E-state index in [2.05, 4.69) is 15.9 Å². The Labute approximate surface area is 92.6 Å². The van der Waals surface area contributed by atoms with E-state index in [-0.39, 0.29) is 0 Å². The van der Waals surface area contributed by atoms with Gasteiger partial charge in [-0.05, 0) is 30.7 Å². The van der Waals surface area contributed by atoms with Gasteiger partial charge in [0, 0.05) is 16.3 Å². The van der Waals surface area contributed by atoms with Gasteiger partial charge in [-0.15, -0.1) is 0 Å². The summed E-state index contributed by atoms with van der Waals surface area (Å²) in [5.41, 5.74) is 6.46. The topological polar surface area (TPSA) is 52.3 Å². The molecule has 1 unspecified atom stereocenters. The minimum atomic E-state index is -2.11. The van der Waals surface area contributed by atoms with Crippen molar-refractivity contribution in [2.45, 2.75) is 13.5 Å². The predicted octanol–water partition coefficient (Wildman–Crippen LogP) is 2.04. The SMILES string of the molecule is CCO[PH](=O)c1cc(Br)cc(CN)c1. The smallest absolute Gasteiger partial charge is 0.220 e. The fourth-order valence-corrected chi connectivity index (χ4v) is 2.86. The second-order valence-corrected chi connectivity index (χ2v) is 5.13. The summed E-state index contributed by atoms with van der Waals surface area (Å²) in [7, 11) is -2.11. The summed E-state index contributed by atoms with van der Waals surface area (Å²) in [6.07, 6.45) is 0. The van der Waals surface area contributed by atoms with Gasteiger partial charge in [-0.3, -0.25) is 4.57 Å². The van der Waals surface area contributed by atoms with E-state index < -0.39 is 8.03 Å². The summed E-state index contributed by atoms with van der Waals surface area (Å²) < 4.78 is 17.5. The molecule has 5 heteroatoms. The number of halogens is 1. The van der Waals surface area contributed by atoms with Crippen LogP contribution < -0.4 is 11.0 Å². The lowest BCUT2D eigenvalue weighted by Crippen LogP contribution is -2.04. The summed E-state index contributed by atoms with van der Waals surface area (Å²) in [5.74, 6) is 0. The van der Waals surface area contributed by atoms with Crippen LogP contribution in [-0.2, 0) is 15.6 Å². The zero-order chi connectivity index (χ0) is 10.6. The van der Waals surface area contributed by atoms with Crippen LogP contribution in [0.2, 0.25) is 0 Å². The zero-order valence-electron chi connectivity index (χ0n) is 7.92. The Morgan fingerprint density at radius 2 is 2.21 bits per heavy atom. The van der Waals surface area contributed by atoms with E-state index in [1.807, 2.05) is 19.1 Å². The molecule has 1 rings (SSSR count). The Bertz CT molecular complexity index is 344. The first-order valence-electron chi connectivity index (χ1n) is 4.34. The summed E-state index contributed by atoms with van der Waals surface area (Å²) >= 11 is 3.34. The van der Waals surface area contributed by atoms with Crippen molar-refractivity contribution in [1.29, 1.82) is 0 Å². The van der Waals surface area contributed by atoms with Crippen LogP contribution in [0.3, 0.4) is 0 Å². The number of nitrogens with two attached hydrogens (primary N) is 1. The average Bonchev–Trinajstić information content (AvgIpc) is 2.17. The highest BCUT2D eigenvalue weighted by atomic mass is 79.9. The van der Waals surface area contributed by atoms with Gasteiger partial charge < -0.3 is 10.3 Å². The molecule has 0 saturated carbocycles. The first-order chi connectivity index (χ1) is 6.67. The van der Waals surface area contributed by atoms with Crippen LogP contribution in [-0.4, -0.2) is 6.61 Å². The molecule has 14 heavy (non-hydrogen) atoms. The van der Waals surface area contributed by atoms with Gasteiger partial charge in [0.25, 0.3) is 0 Å². The van der Waals surface area contributed by atoms with Crippen LogP contribution in [0.1, 0.15) is 12.5 Å². The van der Waals surface area contributed by atoms with E-state index in [0.717, 1.165) is 10.0 Å². The second kappa shape index (κ2) is 5.66. The van der Waals surface area contributed by atoms with Crippen LogP contribution in [0.25, 0.3) is 0 Å². The maximum absolute atomic E-state index is 11.6. The highest BCUT2D eigenvalue weighted by Gasteiger charge is 2.05. The molecule has 0 radical (unpaired) electrons. The molecule has 0 aliphatic rings. The first-order valence-corrected chi connectivity index (χ1v) is 6.45. The van der Waals surface area contributed by atoms with E-state index in [4.69, 9.17) is 10.3 Å². The monoisotopic (exact) mass is 277 g/mol. The fraction of sp³-hybridized carbons (Fsp3) is 0.333. The third-order valence-electron chi connectivity index (χ3n) is 1.70. The van der Waals surface area contributed by atoms with E-state index in [9.17, 15) is 4.57 Å². The Hall–Kier alpha value is -0.150. The molecule has 1 aromatic rings. The van der Waals surface area contributed by atoms with Gasteiger partial charge >= 0.3 is 0 Å². The molecule has 0 aliphatic carbocycles. The zero-order valence-corrected chi connectivity index (χ0v) is 10.5. The Balaban J connectivity index is 2.96. The molecule has 0 fully saturated rings. The Kier molecular flexibility index (Phi) is 4.82. The first kappa shape index (κ1) is 11.9. The maximum atomic E-state index is 11.6. The lowest BCUT2D eigenvalue weighted by Gasteiger charge is -2.05. The molecule has 78 valence electrons. The number of benzene rings is 1. The van der Waals surface area contributed by atoms with Gasteiger partial charge in [-0.2, -0.15) is 0 Å². The summed E-state index contributed by atoms with van der Waals surface area (Å²) in [4.78, 5) is 0. The largest absolute Gasteiger partial charge is 0.328 e. The lowest BCUT2D eigenvalue weighted by molar-refractivity contribution is 0.357.